The maximum atomic E-state index is 13.2. The van der Waals surface area contributed by atoms with Crippen molar-refractivity contribution < 1.29 is 39.1 Å². The van der Waals surface area contributed by atoms with E-state index in [0.29, 0.717) is 23.2 Å². The smallest absolute Gasteiger partial charge is 0.234 e. The number of nitrogens with one attached hydrogen (secondary N) is 4. The third-order valence-electron chi connectivity index (χ3n) is 8.86. The zero-order valence-corrected chi connectivity index (χ0v) is 28.6. The fourth-order valence-electron chi connectivity index (χ4n) is 6.39. The summed E-state index contributed by atoms with van der Waals surface area (Å²) in [4.78, 5) is 26.0. The van der Waals surface area contributed by atoms with Gasteiger partial charge in [0.15, 0.2) is 23.0 Å². The number of phenols is 3. The van der Waals surface area contributed by atoms with Gasteiger partial charge in [-0.25, -0.2) is 0 Å². The number of fused-ring (bicyclic) bond motifs is 1. The van der Waals surface area contributed by atoms with Crippen LogP contribution in [0.15, 0.2) is 24.3 Å². The molecular formula is C35H55N5O8. The SMILES string of the molecule is COC[C@@H]1C(NC(=O)CNCCCCNCCCCNCCCCN)c2cc(O)c(O)cc2C(c2cc(OC)c(O)c(OC)c2)C1C=O. The molecule has 0 aromatic heterocycles. The fraction of sp³-hybridized carbons (Fsp3) is 0.600. The lowest BCUT2D eigenvalue weighted by Gasteiger charge is -2.42. The van der Waals surface area contributed by atoms with Crippen molar-refractivity contribution in [1.29, 1.82) is 0 Å². The molecule has 0 saturated carbocycles. The summed E-state index contributed by atoms with van der Waals surface area (Å²) in [5.74, 6) is -2.76. The average Bonchev–Trinajstić information content (AvgIpc) is 3.08. The normalized spacial score (nSPS) is 18.7. The van der Waals surface area contributed by atoms with E-state index < -0.39 is 23.8 Å². The monoisotopic (exact) mass is 673 g/mol. The van der Waals surface area contributed by atoms with Gasteiger partial charge in [-0.15, -0.1) is 0 Å². The Kier molecular flexibility index (Phi) is 16.7. The van der Waals surface area contributed by atoms with Crippen LogP contribution < -0.4 is 36.5 Å². The van der Waals surface area contributed by atoms with Crippen LogP contribution in [0, 0.1) is 11.8 Å². The molecule has 13 nitrogen and oxygen atoms in total. The number of hydrogen-bond acceptors (Lipinski definition) is 12. The highest BCUT2D eigenvalue weighted by molar-refractivity contribution is 5.79. The predicted molar refractivity (Wildman–Crippen MR) is 184 cm³/mol. The molecule has 13 heteroatoms. The lowest BCUT2D eigenvalue weighted by Crippen LogP contribution is -2.46. The van der Waals surface area contributed by atoms with Crippen LogP contribution in [0.1, 0.15) is 67.2 Å². The van der Waals surface area contributed by atoms with E-state index in [2.05, 4.69) is 21.3 Å². The van der Waals surface area contributed by atoms with Gasteiger partial charge in [0.05, 0.1) is 33.4 Å². The lowest BCUT2D eigenvalue weighted by atomic mass is 9.64. The quantitative estimate of drug-likeness (QED) is 0.0488. The van der Waals surface area contributed by atoms with Gasteiger partial charge in [0.2, 0.25) is 11.7 Å². The van der Waals surface area contributed by atoms with Crippen LogP contribution in [0.2, 0.25) is 0 Å². The summed E-state index contributed by atoms with van der Waals surface area (Å²) < 4.78 is 16.3. The Hall–Kier alpha value is -3.62. The van der Waals surface area contributed by atoms with E-state index in [4.69, 9.17) is 19.9 Å². The molecule has 0 radical (unpaired) electrons. The Balaban J connectivity index is 1.62. The first-order valence-electron chi connectivity index (χ1n) is 16.9. The maximum absolute atomic E-state index is 13.2. The Labute approximate surface area is 283 Å². The van der Waals surface area contributed by atoms with Gasteiger partial charge in [-0.05, 0) is 119 Å². The highest BCUT2D eigenvalue weighted by Gasteiger charge is 2.45. The molecule has 2 aromatic rings. The van der Waals surface area contributed by atoms with E-state index in [1.54, 1.807) is 12.1 Å². The molecule has 268 valence electrons. The van der Waals surface area contributed by atoms with Crippen LogP contribution in [-0.2, 0) is 14.3 Å². The van der Waals surface area contributed by atoms with E-state index in [1.807, 2.05) is 0 Å². The van der Waals surface area contributed by atoms with E-state index >= 15 is 0 Å². The summed E-state index contributed by atoms with van der Waals surface area (Å²) >= 11 is 0. The molecule has 0 bridgehead atoms. The minimum Gasteiger partial charge on any atom is -0.504 e. The lowest BCUT2D eigenvalue weighted by molar-refractivity contribution is -0.123. The number of unbranched alkanes of at least 4 members (excludes halogenated alkanes) is 3. The number of rotatable bonds is 23. The number of phenolic OH excluding ortho intramolecular Hbond substituents is 3. The van der Waals surface area contributed by atoms with E-state index in [-0.39, 0.29) is 47.8 Å². The number of hydrogen-bond donors (Lipinski definition) is 8. The molecule has 0 saturated heterocycles. The number of methoxy groups -OCH3 is 3. The van der Waals surface area contributed by atoms with Crippen LogP contribution in [0.25, 0.3) is 0 Å². The van der Waals surface area contributed by atoms with Crippen molar-refractivity contribution >= 4 is 12.2 Å². The van der Waals surface area contributed by atoms with Crippen LogP contribution in [0.3, 0.4) is 0 Å². The zero-order chi connectivity index (χ0) is 34.9. The minimum absolute atomic E-state index is 0.0723. The van der Waals surface area contributed by atoms with E-state index in [9.17, 15) is 24.9 Å². The number of nitrogens with two attached hydrogens (primary N) is 1. The average molecular weight is 674 g/mol. The molecule has 4 atom stereocenters. The first-order chi connectivity index (χ1) is 23.3. The molecule has 1 amide bonds. The van der Waals surface area contributed by atoms with E-state index in [0.717, 1.165) is 77.5 Å². The fourth-order valence-corrected chi connectivity index (χ4v) is 6.39. The second-order valence-electron chi connectivity index (χ2n) is 12.2. The van der Waals surface area contributed by atoms with Crippen LogP contribution in [-0.4, -0.2) is 101 Å². The van der Waals surface area contributed by atoms with Crippen LogP contribution >= 0.6 is 0 Å². The molecule has 0 aliphatic heterocycles. The van der Waals surface area contributed by atoms with Gasteiger partial charge in [0.1, 0.15) is 6.29 Å². The number of amides is 1. The highest BCUT2D eigenvalue weighted by Crippen LogP contribution is 2.52. The van der Waals surface area contributed by atoms with Crippen molar-refractivity contribution in [3.8, 4) is 28.7 Å². The maximum Gasteiger partial charge on any atom is 0.234 e. The molecule has 0 spiro atoms. The second kappa shape index (κ2) is 20.7. The van der Waals surface area contributed by atoms with Gasteiger partial charge < -0.3 is 61.3 Å². The Morgan fingerprint density at radius 1 is 0.792 bits per heavy atom. The Bertz CT molecular complexity index is 1270. The number of ether oxygens (including phenoxy) is 3. The Morgan fingerprint density at radius 3 is 1.81 bits per heavy atom. The van der Waals surface area contributed by atoms with Gasteiger partial charge in [-0.1, -0.05) is 0 Å². The zero-order valence-electron chi connectivity index (χ0n) is 28.6. The van der Waals surface area contributed by atoms with Crippen molar-refractivity contribution in [3.63, 3.8) is 0 Å². The van der Waals surface area contributed by atoms with Gasteiger partial charge >= 0.3 is 0 Å². The summed E-state index contributed by atoms with van der Waals surface area (Å²) in [6, 6.07) is 5.35. The molecule has 1 aliphatic rings. The van der Waals surface area contributed by atoms with Gasteiger partial charge in [-0.3, -0.25) is 4.79 Å². The van der Waals surface area contributed by atoms with Crippen LogP contribution in [0.4, 0.5) is 0 Å². The molecule has 0 fully saturated rings. The van der Waals surface area contributed by atoms with Gasteiger partial charge in [-0.2, -0.15) is 0 Å². The second-order valence-corrected chi connectivity index (χ2v) is 12.2. The minimum atomic E-state index is -0.719. The molecular weight excluding hydrogens is 618 g/mol. The first-order valence-corrected chi connectivity index (χ1v) is 16.9. The number of aromatic hydroxyl groups is 3. The summed E-state index contributed by atoms with van der Waals surface area (Å²) in [6.45, 7) is 5.57. The highest BCUT2D eigenvalue weighted by atomic mass is 16.5. The van der Waals surface area contributed by atoms with Crippen molar-refractivity contribution in [2.75, 3.05) is 73.7 Å². The Morgan fingerprint density at radius 2 is 1.31 bits per heavy atom. The summed E-state index contributed by atoms with van der Waals surface area (Å²) in [5.41, 5.74) is 7.17. The van der Waals surface area contributed by atoms with Crippen molar-refractivity contribution in [3.05, 3.63) is 41.0 Å². The molecule has 2 aromatic carbocycles. The van der Waals surface area contributed by atoms with Crippen molar-refractivity contribution in [2.24, 2.45) is 17.6 Å². The number of carbonyl (C=O) groups excluding carboxylic acids is 2. The third-order valence-corrected chi connectivity index (χ3v) is 8.86. The third kappa shape index (κ3) is 10.7. The van der Waals surface area contributed by atoms with Gasteiger partial charge in [0, 0.05) is 24.9 Å². The number of carbonyl (C=O) groups is 2. The molecule has 3 rings (SSSR count). The summed E-state index contributed by atoms with van der Waals surface area (Å²) in [7, 11) is 4.34. The summed E-state index contributed by atoms with van der Waals surface area (Å²) in [5, 5.41) is 44.7. The predicted octanol–water partition coefficient (Wildman–Crippen LogP) is 2.27. The standard InChI is InChI=1S/C35H55N5O8/c1-46-22-27-26(21-41)33(23-16-30(47-2)35(45)31(17-23)48-3)24-18-28(42)29(43)19-25(24)34(27)40-32(44)20-39-15-9-8-14-38-13-7-6-12-37-11-5-4-10-36/h16-19,21,26-27,33-34,37-39,42-43,45H,4-15,20,22,36H2,1-3H3,(H,40,44)/t26?,27-,33?,34?/m0/s1. The molecule has 1 aliphatic carbocycles. The van der Waals surface area contributed by atoms with Crippen LogP contribution in [0.5, 0.6) is 28.7 Å². The van der Waals surface area contributed by atoms with E-state index in [1.165, 1.54) is 33.5 Å². The van der Waals surface area contributed by atoms with Crippen molar-refractivity contribution in [2.45, 2.75) is 50.5 Å². The number of aldehydes is 1. The molecule has 48 heavy (non-hydrogen) atoms. The van der Waals surface area contributed by atoms with Crippen molar-refractivity contribution in [1.82, 2.24) is 21.3 Å². The van der Waals surface area contributed by atoms with Gasteiger partial charge in [0.25, 0.3) is 0 Å². The topological polar surface area (TPSA) is 197 Å². The molecule has 0 heterocycles. The summed E-state index contributed by atoms with van der Waals surface area (Å²) in [6.07, 6.45) is 7.15. The molecule has 3 unspecified atom stereocenters. The molecule has 9 N–H and O–H groups in total. The largest absolute Gasteiger partial charge is 0.504 e. The first kappa shape index (κ1) is 38.8. The number of benzene rings is 2.